The third-order valence-electron chi connectivity index (χ3n) is 5.21. The van der Waals surface area contributed by atoms with Gasteiger partial charge >= 0.3 is 0 Å². The first-order valence-electron chi connectivity index (χ1n) is 10.5. The minimum absolute atomic E-state index is 0.0638. The number of hydrogen-bond donors (Lipinski definition) is 2. The molecule has 0 unspecified atom stereocenters. The summed E-state index contributed by atoms with van der Waals surface area (Å²) < 4.78 is 10.4. The molecule has 0 aliphatic carbocycles. The summed E-state index contributed by atoms with van der Waals surface area (Å²) in [6.07, 6.45) is 1.92. The molecule has 4 aromatic rings. The number of anilines is 3. The van der Waals surface area contributed by atoms with Crippen molar-refractivity contribution in [2.45, 2.75) is 12.8 Å². The number of carbonyl (C=O) groups is 3. The maximum Gasteiger partial charge on any atom is 0.258 e. The molecule has 170 valence electrons. The van der Waals surface area contributed by atoms with Gasteiger partial charge in [-0.25, -0.2) is 0 Å². The highest BCUT2D eigenvalue weighted by Gasteiger charge is 2.27. The molecular weight excluding hydrogens is 438 g/mol. The van der Waals surface area contributed by atoms with Crippen LogP contribution in [-0.4, -0.2) is 34.4 Å². The molecule has 0 bridgehead atoms. The SMILES string of the molecule is O=C(CCc1nc(-c2ccco2)no1)Nc1ccc(C(=O)N2CC(=O)Nc3ccccc32)cc1. The summed E-state index contributed by atoms with van der Waals surface area (Å²) in [7, 11) is 0. The lowest BCUT2D eigenvalue weighted by atomic mass is 10.1. The van der Waals surface area contributed by atoms with Gasteiger partial charge in [0.1, 0.15) is 6.54 Å². The Morgan fingerprint density at radius 1 is 1.06 bits per heavy atom. The predicted molar refractivity (Wildman–Crippen MR) is 122 cm³/mol. The summed E-state index contributed by atoms with van der Waals surface area (Å²) in [6.45, 7) is -0.0638. The van der Waals surface area contributed by atoms with Crippen LogP contribution in [0.2, 0.25) is 0 Å². The molecule has 5 rings (SSSR count). The number of rotatable bonds is 6. The van der Waals surface area contributed by atoms with Crippen LogP contribution in [0.5, 0.6) is 0 Å². The number of nitrogens with zero attached hydrogens (tertiary/aromatic N) is 3. The van der Waals surface area contributed by atoms with Gasteiger partial charge in [-0.2, -0.15) is 4.98 Å². The smallest absolute Gasteiger partial charge is 0.258 e. The maximum atomic E-state index is 13.0. The molecule has 2 N–H and O–H groups in total. The lowest BCUT2D eigenvalue weighted by Gasteiger charge is -2.29. The third kappa shape index (κ3) is 4.42. The lowest BCUT2D eigenvalue weighted by Crippen LogP contribution is -2.42. The number of amides is 3. The summed E-state index contributed by atoms with van der Waals surface area (Å²) in [5, 5.41) is 9.37. The predicted octanol–water partition coefficient (Wildman–Crippen LogP) is 3.50. The number of fused-ring (bicyclic) bond motifs is 1. The second kappa shape index (κ2) is 9.02. The second-order valence-electron chi connectivity index (χ2n) is 7.57. The summed E-state index contributed by atoms with van der Waals surface area (Å²) in [5.74, 6) is 0.349. The number of carbonyl (C=O) groups excluding carboxylic acids is 3. The van der Waals surface area contributed by atoms with Crippen LogP contribution >= 0.6 is 0 Å². The van der Waals surface area contributed by atoms with Crippen LogP contribution in [0, 0.1) is 0 Å². The van der Waals surface area contributed by atoms with Gasteiger partial charge in [-0.3, -0.25) is 19.3 Å². The van der Waals surface area contributed by atoms with Crippen molar-refractivity contribution in [1.29, 1.82) is 0 Å². The minimum Gasteiger partial charge on any atom is -0.461 e. The van der Waals surface area contributed by atoms with Crippen molar-refractivity contribution < 1.29 is 23.3 Å². The van der Waals surface area contributed by atoms with Gasteiger partial charge in [-0.1, -0.05) is 17.3 Å². The van der Waals surface area contributed by atoms with E-state index < -0.39 is 0 Å². The van der Waals surface area contributed by atoms with Crippen LogP contribution in [-0.2, 0) is 16.0 Å². The van der Waals surface area contributed by atoms with Crippen molar-refractivity contribution in [3.05, 3.63) is 78.4 Å². The Bertz CT molecular complexity index is 1340. The maximum absolute atomic E-state index is 13.0. The number of hydrogen-bond acceptors (Lipinski definition) is 7. The van der Waals surface area contributed by atoms with E-state index in [1.54, 1.807) is 60.7 Å². The zero-order valence-electron chi connectivity index (χ0n) is 17.9. The highest BCUT2D eigenvalue weighted by atomic mass is 16.5. The van der Waals surface area contributed by atoms with E-state index in [0.29, 0.717) is 40.1 Å². The number of aryl methyl sites for hydroxylation is 1. The monoisotopic (exact) mass is 457 g/mol. The van der Waals surface area contributed by atoms with E-state index in [9.17, 15) is 14.4 Å². The van der Waals surface area contributed by atoms with E-state index in [1.165, 1.54) is 11.2 Å². The Morgan fingerprint density at radius 2 is 1.88 bits per heavy atom. The first-order valence-corrected chi connectivity index (χ1v) is 10.5. The summed E-state index contributed by atoms with van der Waals surface area (Å²) in [4.78, 5) is 43.0. The quantitative estimate of drug-likeness (QED) is 0.453. The van der Waals surface area contributed by atoms with Gasteiger partial charge in [-0.15, -0.1) is 0 Å². The van der Waals surface area contributed by atoms with Crippen molar-refractivity contribution in [1.82, 2.24) is 10.1 Å². The highest BCUT2D eigenvalue weighted by molar-refractivity contribution is 6.15. The summed E-state index contributed by atoms with van der Waals surface area (Å²) >= 11 is 0. The van der Waals surface area contributed by atoms with Gasteiger partial charge < -0.3 is 19.6 Å². The largest absolute Gasteiger partial charge is 0.461 e. The molecule has 10 heteroatoms. The minimum atomic E-state index is -0.302. The summed E-state index contributed by atoms with van der Waals surface area (Å²) in [6, 6.07) is 17.1. The fourth-order valence-corrected chi connectivity index (χ4v) is 3.57. The van der Waals surface area contributed by atoms with E-state index in [0.717, 1.165) is 0 Å². The molecule has 0 saturated carbocycles. The molecule has 2 aromatic heterocycles. The normalized spacial score (nSPS) is 12.7. The molecule has 0 atom stereocenters. The van der Waals surface area contributed by atoms with Gasteiger partial charge in [0.2, 0.25) is 23.5 Å². The first kappa shape index (κ1) is 21.1. The van der Waals surface area contributed by atoms with Crippen molar-refractivity contribution in [2.75, 3.05) is 22.1 Å². The zero-order valence-corrected chi connectivity index (χ0v) is 17.9. The molecule has 0 radical (unpaired) electrons. The second-order valence-corrected chi connectivity index (χ2v) is 7.57. The number of benzene rings is 2. The van der Waals surface area contributed by atoms with E-state index >= 15 is 0 Å². The molecule has 10 nitrogen and oxygen atoms in total. The average Bonchev–Trinajstić information content (AvgIpc) is 3.54. The van der Waals surface area contributed by atoms with Crippen molar-refractivity contribution in [3.8, 4) is 11.6 Å². The molecule has 1 aliphatic heterocycles. The van der Waals surface area contributed by atoms with Gasteiger partial charge in [0.15, 0.2) is 5.76 Å². The fourth-order valence-electron chi connectivity index (χ4n) is 3.57. The topological polar surface area (TPSA) is 131 Å². The molecule has 0 saturated heterocycles. The van der Waals surface area contributed by atoms with E-state index in [-0.39, 0.29) is 37.1 Å². The molecule has 3 heterocycles. The molecule has 1 aliphatic rings. The van der Waals surface area contributed by atoms with Crippen molar-refractivity contribution in [2.24, 2.45) is 0 Å². The van der Waals surface area contributed by atoms with Gasteiger partial charge in [0, 0.05) is 24.1 Å². The first-order chi connectivity index (χ1) is 16.6. The molecule has 0 spiro atoms. The van der Waals surface area contributed by atoms with E-state index in [1.807, 2.05) is 0 Å². The Hall–Kier alpha value is -4.73. The Morgan fingerprint density at radius 3 is 2.68 bits per heavy atom. The average molecular weight is 457 g/mol. The van der Waals surface area contributed by atoms with Crippen LogP contribution in [0.15, 0.2) is 75.9 Å². The van der Waals surface area contributed by atoms with Crippen molar-refractivity contribution >= 4 is 34.8 Å². The van der Waals surface area contributed by atoms with Crippen LogP contribution in [0.4, 0.5) is 17.1 Å². The Labute approximate surface area is 193 Å². The highest BCUT2D eigenvalue weighted by Crippen LogP contribution is 2.30. The van der Waals surface area contributed by atoms with Gasteiger partial charge in [0.25, 0.3) is 5.91 Å². The van der Waals surface area contributed by atoms with Crippen LogP contribution < -0.4 is 15.5 Å². The summed E-state index contributed by atoms with van der Waals surface area (Å²) in [5.41, 5.74) is 2.17. The van der Waals surface area contributed by atoms with Crippen LogP contribution in [0.25, 0.3) is 11.6 Å². The number of aromatic nitrogens is 2. The Kier molecular flexibility index (Phi) is 5.61. The number of furan rings is 1. The van der Waals surface area contributed by atoms with Crippen molar-refractivity contribution in [3.63, 3.8) is 0 Å². The lowest BCUT2D eigenvalue weighted by molar-refractivity contribution is -0.116. The molecule has 3 amide bonds. The van der Waals surface area contributed by atoms with E-state index in [4.69, 9.17) is 8.94 Å². The third-order valence-corrected chi connectivity index (χ3v) is 5.21. The van der Waals surface area contributed by atoms with Crippen LogP contribution in [0.3, 0.4) is 0 Å². The standard InChI is InChI=1S/C24H19N5O5/c30-20(11-12-22-27-23(28-34-22)19-6-3-13-33-19)25-16-9-7-15(8-10-16)24(32)29-14-21(31)26-17-4-1-2-5-18(17)29/h1-10,13H,11-12,14H2,(H,25,30)(H,26,31). The Balaban J connectivity index is 1.19. The number of para-hydroxylation sites is 2. The molecule has 0 fully saturated rings. The number of nitrogens with one attached hydrogen (secondary N) is 2. The van der Waals surface area contributed by atoms with Gasteiger partial charge in [0.05, 0.1) is 17.6 Å². The van der Waals surface area contributed by atoms with Crippen LogP contribution in [0.1, 0.15) is 22.7 Å². The fraction of sp³-hybridized carbons (Fsp3) is 0.125. The van der Waals surface area contributed by atoms with Gasteiger partial charge in [-0.05, 0) is 48.5 Å². The zero-order chi connectivity index (χ0) is 23.5. The molecular formula is C24H19N5O5. The van der Waals surface area contributed by atoms with E-state index in [2.05, 4.69) is 20.8 Å². The molecule has 34 heavy (non-hydrogen) atoms. The molecule has 2 aromatic carbocycles.